The monoisotopic (exact) mass is 546 g/mol. The van der Waals surface area contributed by atoms with Crippen LogP contribution in [0.2, 0.25) is 0 Å². The molecular formula is C29H38N8O3. The molecule has 2 aromatic heterocycles. The Morgan fingerprint density at radius 2 is 1.88 bits per heavy atom. The maximum atomic E-state index is 14.0. The van der Waals surface area contributed by atoms with Gasteiger partial charge in [-0.1, -0.05) is 35.5 Å². The van der Waals surface area contributed by atoms with Gasteiger partial charge in [-0.25, -0.2) is 0 Å². The molecule has 40 heavy (non-hydrogen) atoms. The highest BCUT2D eigenvalue weighted by Gasteiger charge is 2.44. The van der Waals surface area contributed by atoms with Crippen molar-refractivity contribution in [2.24, 2.45) is 5.41 Å². The van der Waals surface area contributed by atoms with Crippen LogP contribution in [0.25, 0.3) is 0 Å². The molecule has 5 rings (SSSR count). The summed E-state index contributed by atoms with van der Waals surface area (Å²) in [6.07, 6.45) is 4.73. The van der Waals surface area contributed by atoms with Crippen LogP contribution in [0.4, 0.5) is 0 Å². The van der Waals surface area contributed by atoms with Crippen molar-refractivity contribution in [2.45, 2.75) is 71.5 Å². The van der Waals surface area contributed by atoms with Gasteiger partial charge in [0.2, 0.25) is 17.7 Å². The van der Waals surface area contributed by atoms with E-state index in [2.05, 4.69) is 26.0 Å². The Kier molecular flexibility index (Phi) is 8.27. The second kappa shape index (κ2) is 12.0. The lowest BCUT2D eigenvalue weighted by molar-refractivity contribution is -0.142. The fourth-order valence-corrected chi connectivity index (χ4v) is 5.75. The Hall–Kier alpha value is -4.02. The molecular weight excluding hydrogens is 508 g/mol. The van der Waals surface area contributed by atoms with E-state index < -0.39 is 11.5 Å². The fraction of sp³-hybridized carbons (Fsp3) is 0.517. The Labute approximate surface area is 234 Å². The van der Waals surface area contributed by atoms with E-state index in [0.717, 1.165) is 22.6 Å². The molecule has 1 atom stereocenters. The lowest BCUT2D eigenvalue weighted by atomic mass is 9.73. The Morgan fingerprint density at radius 1 is 1.10 bits per heavy atom. The van der Waals surface area contributed by atoms with Crippen molar-refractivity contribution in [1.82, 2.24) is 40.3 Å². The minimum atomic E-state index is -0.795. The predicted octanol–water partition coefficient (Wildman–Crippen LogP) is 1.58. The van der Waals surface area contributed by atoms with Gasteiger partial charge in [-0.05, 0) is 44.7 Å². The molecule has 2 N–H and O–H groups in total. The van der Waals surface area contributed by atoms with Crippen LogP contribution < -0.4 is 10.6 Å². The largest absolute Gasteiger partial charge is 0.354 e. The van der Waals surface area contributed by atoms with Crippen LogP contribution in [0.5, 0.6) is 0 Å². The van der Waals surface area contributed by atoms with E-state index in [1.165, 1.54) is 0 Å². The molecule has 11 heteroatoms. The SMILES string of the molecule is Cc1cc(C)n(CCC(=O)N2CCC3(CC2)Cc2cn(nn2)CCCNC(=O)[C@H](Cc2ccccc2)NC3=O)n1. The predicted molar refractivity (Wildman–Crippen MR) is 148 cm³/mol. The number of hydrogen-bond donors (Lipinski definition) is 2. The number of hydrogen-bond acceptors (Lipinski definition) is 6. The van der Waals surface area contributed by atoms with Crippen LogP contribution >= 0.6 is 0 Å². The minimum absolute atomic E-state index is 0.0553. The number of nitrogens with one attached hydrogen (secondary N) is 2. The number of likely N-dealkylation sites (tertiary alicyclic amines) is 1. The van der Waals surface area contributed by atoms with Gasteiger partial charge in [0.05, 0.1) is 16.8 Å². The third kappa shape index (κ3) is 6.40. The number of piperidine rings is 1. The second-order valence-electron chi connectivity index (χ2n) is 11.1. The fourth-order valence-electron chi connectivity index (χ4n) is 5.75. The molecule has 0 aliphatic carbocycles. The van der Waals surface area contributed by atoms with Crippen LogP contribution in [-0.2, 0) is 40.3 Å². The zero-order valence-corrected chi connectivity index (χ0v) is 23.3. The molecule has 2 aliphatic rings. The highest BCUT2D eigenvalue weighted by molar-refractivity contribution is 5.90. The molecule has 1 aromatic carbocycles. The first-order chi connectivity index (χ1) is 19.3. The van der Waals surface area contributed by atoms with Crippen molar-refractivity contribution in [3.05, 3.63) is 65.2 Å². The molecule has 212 valence electrons. The molecule has 1 spiro atoms. The third-order valence-electron chi connectivity index (χ3n) is 8.07. The molecule has 3 amide bonds. The smallest absolute Gasteiger partial charge is 0.242 e. The molecule has 11 nitrogen and oxygen atoms in total. The molecule has 1 fully saturated rings. The lowest BCUT2D eigenvalue weighted by Crippen LogP contribution is -2.56. The summed E-state index contributed by atoms with van der Waals surface area (Å²) in [5, 5.41) is 19.1. The minimum Gasteiger partial charge on any atom is -0.354 e. The number of amides is 3. The van der Waals surface area contributed by atoms with Gasteiger partial charge >= 0.3 is 0 Å². The maximum Gasteiger partial charge on any atom is 0.242 e. The molecule has 0 unspecified atom stereocenters. The van der Waals surface area contributed by atoms with E-state index in [0.29, 0.717) is 71.2 Å². The van der Waals surface area contributed by atoms with Gasteiger partial charge < -0.3 is 15.5 Å². The van der Waals surface area contributed by atoms with Crippen molar-refractivity contribution in [3.8, 4) is 0 Å². The van der Waals surface area contributed by atoms with E-state index in [1.54, 1.807) is 4.68 Å². The zero-order valence-electron chi connectivity index (χ0n) is 23.3. The Bertz CT molecular complexity index is 1340. The number of aryl methyl sites for hydroxylation is 4. The van der Waals surface area contributed by atoms with Crippen LogP contribution in [0.1, 0.15) is 48.3 Å². The van der Waals surface area contributed by atoms with Gasteiger partial charge in [-0.3, -0.25) is 23.7 Å². The maximum absolute atomic E-state index is 14.0. The molecule has 4 heterocycles. The zero-order chi connectivity index (χ0) is 28.1. The summed E-state index contributed by atoms with van der Waals surface area (Å²) in [7, 11) is 0. The summed E-state index contributed by atoms with van der Waals surface area (Å²) in [4.78, 5) is 42.2. The standard InChI is InChI=1S/C29H38N8O3/c1-21-17-22(2)37(33-21)14-9-26(38)35-15-10-29(11-16-35)19-24-20-36(34-32-24)13-6-12-30-27(39)25(31-28(29)40)18-23-7-4-3-5-8-23/h3-5,7-8,17,20,25H,6,9-16,18-19H2,1-2H3,(H,30,39)(H,31,40)/t25-/m0/s1. The topological polar surface area (TPSA) is 127 Å². The summed E-state index contributed by atoms with van der Waals surface area (Å²) < 4.78 is 3.63. The number of carbonyl (C=O) groups excluding carboxylic acids is 3. The summed E-state index contributed by atoms with van der Waals surface area (Å²) in [5.41, 5.74) is 2.90. The lowest BCUT2D eigenvalue weighted by Gasteiger charge is -2.41. The van der Waals surface area contributed by atoms with Crippen molar-refractivity contribution >= 4 is 17.7 Å². The summed E-state index contributed by atoms with van der Waals surface area (Å²) in [6, 6.07) is 11.0. The number of benzene rings is 1. The first-order valence-corrected chi connectivity index (χ1v) is 14.1. The first kappa shape index (κ1) is 27.5. The van der Waals surface area contributed by atoms with Crippen LogP contribution in [0, 0.1) is 19.3 Å². The van der Waals surface area contributed by atoms with Crippen molar-refractivity contribution in [2.75, 3.05) is 19.6 Å². The molecule has 1 saturated heterocycles. The highest BCUT2D eigenvalue weighted by Crippen LogP contribution is 2.36. The van der Waals surface area contributed by atoms with Gasteiger partial charge in [-0.2, -0.15) is 5.10 Å². The highest BCUT2D eigenvalue weighted by atomic mass is 16.2. The van der Waals surface area contributed by atoms with Gasteiger partial charge in [0.1, 0.15) is 6.04 Å². The van der Waals surface area contributed by atoms with Gasteiger partial charge in [-0.15, -0.1) is 5.10 Å². The number of nitrogens with zero attached hydrogens (tertiary/aromatic N) is 6. The molecule has 0 saturated carbocycles. The summed E-state index contributed by atoms with van der Waals surface area (Å²) in [5.74, 6) is -0.311. The molecule has 2 aliphatic heterocycles. The Balaban J connectivity index is 1.32. The van der Waals surface area contributed by atoms with Crippen LogP contribution in [0.3, 0.4) is 0 Å². The van der Waals surface area contributed by atoms with Crippen LogP contribution in [-0.4, -0.2) is 73.1 Å². The van der Waals surface area contributed by atoms with E-state index in [-0.39, 0.29) is 17.7 Å². The van der Waals surface area contributed by atoms with Gasteiger partial charge in [0, 0.05) is 63.9 Å². The van der Waals surface area contributed by atoms with Crippen molar-refractivity contribution in [1.29, 1.82) is 0 Å². The molecule has 3 aromatic rings. The average Bonchev–Trinajstić information content (AvgIpc) is 3.53. The molecule has 0 radical (unpaired) electrons. The van der Waals surface area contributed by atoms with Crippen molar-refractivity contribution < 1.29 is 14.4 Å². The van der Waals surface area contributed by atoms with E-state index >= 15 is 0 Å². The quantitative estimate of drug-likeness (QED) is 0.500. The number of carbonyl (C=O) groups is 3. The number of aromatic nitrogens is 5. The average molecular weight is 547 g/mol. The first-order valence-electron chi connectivity index (χ1n) is 14.1. The molecule has 2 bridgehead atoms. The number of fused-ring (bicyclic) bond motifs is 2. The summed E-state index contributed by atoms with van der Waals surface area (Å²) in [6.45, 7) is 6.50. The van der Waals surface area contributed by atoms with Gasteiger partial charge in [0.15, 0.2) is 0 Å². The van der Waals surface area contributed by atoms with E-state index in [4.69, 9.17) is 0 Å². The van der Waals surface area contributed by atoms with E-state index in [1.807, 2.05) is 66.0 Å². The van der Waals surface area contributed by atoms with Crippen LogP contribution in [0.15, 0.2) is 42.6 Å². The normalized spacial score (nSPS) is 19.8. The Morgan fingerprint density at radius 3 is 2.60 bits per heavy atom. The second-order valence-corrected chi connectivity index (χ2v) is 11.1. The third-order valence-corrected chi connectivity index (χ3v) is 8.07. The van der Waals surface area contributed by atoms with Crippen molar-refractivity contribution in [3.63, 3.8) is 0 Å². The summed E-state index contributed by atoms with van der Waals surface area (Å²) >= 11 is 0. The van der Waals surface area contributed by atoms with E-state index in [9.17, 15) is 14.4 Å². The van der Waals surface area contributed by atoms with Gasteiger partial charge in [0.25, 0.3) is 0 Å². The number of rotatable bonds is 5.